The molecule has 0 amide bonds. The number of fused-ring (bicyclic) bond motifs is 3. The van der Waals surface area contributed by atoms with Gasteiger partial charge in [0.15, 0.2) is 0 Å². The predicted molar refractivity (Wildman–Crippen MR) is 106 cm³/mol. The highest BCUT2D eigenvalue weighted by Gasteiger charge is 2.25. The van der Waals surface area contributed by atoms with Crippen molar-refractivity contribution in [3.63, 3.8) is 0 Å². The summed E-state index contributed by atoms with van der Waals surface area (Å²) in [5, 5.41) is 7.25. The summed E-state index contributed by atoms with van der Waals surface area (Å²) in [6.45, 7) is 3.70. The van der Waals surface area contributed by atoms with Gasteiger partial charge in [0, 0.05) is 30.4 Å². The summed E-state index contributed by atoms with van der Waals surface area (Å²) in [5.41, 5.74) is 6.15. The van der Waals surface area contributed by atoms with Crippen LogP contribution in [0.15, 0.2) is 78.0 Å². The van der Waals surface area contributed by atoms with E-state index in [2.05, 4.69) is 69.5 Å². The molecular weight excluding hydrogens is 320 g/mol. The molecule has 2 heterocycles. The number of hydrazone groups is 1. The van der Waals surface area contributed by atoms with Gasteiger partial charge in [-0.15, -0.1) is 0 Å². The number of nitrogens with zero attached hydrogens (tertiary/aromatic N) is 4. The second-order valence-corrected chi connectivity index (χ2v) is 6.67. The van der Waals surface area contributed by atoms with Crippen LogP contribution in [0.4, 0.5) is 5.82 Å². The van der Waals surface area contributed by atoms with Crippen LogP contribution in [0.5, 0.6) is 0 Å². The second-order valence-electron chi connectivity index (χ2n) is 6.67. The number of aromatic nitrogens is 1. The van der Waals surface area contributed by atoms with Crippen LogP contribution in [0.3, 0.4) is 0 Å². The van der Waals surface area contributed by atoms with E-state index in [-0.39, 0.29) is 0 Å². The Labute approximate surface area is 153 Å². The van der Waals surface area contributed by atoms with Gasteiger partial charge in [-0.05, 0) is 23.3 Å². The molecule has 26 heavy (non-hydrogen) atoms. The fourth-order valence-electron chi connectivity index (χ4n) is 3.81. The van der Waals surface area contributed by atoms with E-state index in [0.717, 1.165) is 37.7 Å². The molecule has 4 heteroatoms. The highest BCUT2D eigenvalue weighted by Crippen LogP contribution is 2.36. The molecule has 1 aliphatic carbocycles. The summed E-state index contributed by atoms with van der Waals surface area (Å²) in [5.74, 6) is 1.05. The summed E-state index contributed by atoms with van der Waals surface area (Å²) in [6.07, 6.45) is 1.86. The van der Waals surface area contributed by atoms with Gasteiger partial charge in [0.05, 0.1) is 18.8 Å². The van der Waals surface area contributed by atoms with E-state index in [1.54, 1.807) is 0 Å². The van der Waals surface area contributed by atoms with E-state index in [1.807, 2.05) is 18.3 Å². The van der Waals surface area contributed by atoms with Gasteiger partial charge in [0.1, 0.15) is 5.82 Å². The predicted octanol–water partition coefficient (Wildman–Crippen LogP) is 3.64. The monoisotopic (exact) mass is 340 g/mol. The molecule has 1 aliphatic heterocycles. The summed E-state index contributed by atoms with van der Waals surface area (Å²) in [6, 6.07) is 23.2. The molecule has 3 aromatic rings. The Hall–Kier alpha value is -3.14. The topological polar surface area (TPSA) is 31.7 Å². The zero-order valence-electron chi connectivity index (χ0n) is 14.5. The molecule has 2 aliphatic rings. The molecule has 2 aromatic carbocycles. The van der Waals surface area contributed by atoms with Gasteiger partial charge in [-0.3, -0.25) is 5.01 Å². The van der Waals surface area contributed by atoms with Crippen molar-refractivity contribution in [3.8, 4) is 11.1 Å². The van der Waals surface area contributed by atoms with E-state index < -0.39 is 0 Å². The quantitative estimate of drug-likeness (QED) is 0.558. The zero-order valence-corrected chi connectivity index (χ0v) is 14.5. The highest BCUT2D eigenvalue weighted by atomic mass is 15.5. The van der Waals surface area contributed by atoms with Crippen LogP contribution < -0.4 is 4.90 Å². The number of pyridine rings is 1. The number of benzene rings is 2. The van der Waals surface area contributed by atoms with Crippen molar-refractivity contribution in [2.75, 3.05) is 31.1 Å². The molecule has 4 nitrogen and oxygen atoms in total. The summed E-state index contributed by atoms with van der Waals surface area (Å²) in [7, 11) is 0. The Morgan fingerprint density at radius 3 is 1.81 bits per heavy atom. The fourth-order valence-corrected chi connectivity index (χ4v) is 3.81. The minimum absolute atomic E-state index is 0.907. The maximum Gasteiger partial charge on any atom is 0.128 e. The van der Waals surface area contributed by atoms with E-state index in [4.69, 9.17) is 5.10 Å². The number of piperazine rings is 1. The first-order valence-electron chi connectivity index (χ1n) is 9.09. The summed E-state index contributed by atoms with van der Waals surface area (Å²) >= 11 is 0. The Bertz CT molecular complexity index is 909. The molecule has 0 atom stereocenters. The third-order valence-corrected chi connectivity index (χ3v) is 5.13. The van der Waals surface area contributed by atoms with Crippen molar-refractivity contribution in [1.29, 1.82) is 0 Å². The molecule has 128 valence electrons. The Balaban J connectivity index is 1.42. The lowest BCUT2D eigenvalue weighted by Gasteiger charge is -2.34. The smallest absolute Gasteiger partial charge is 0.128 e. The molecule has 0 spiro atoms. The van der Waals surface area contributed by atoms with Crippen LogP contribution in [-0.2, 0) is 0 Å². The van der Waals surface area contributed by atoms with Crippen LogP contribution in [0.2, 0.25) is 0 Å². The zero-order chi connectivity index (χ0) is 17.3. The summed E-state index contributed by atoms with van der Waals surface area (Å²) < 4.78 is 0. The first-order valence-corrected chi connectivity index (χ1v) is 9.09. The molecule has 1 aromatic heterocycles. The van der Waals surface area contributed by atoms with Crippen LogP contribution in [0.1, 0.15) is 11.1 Å². The van der Waals surface area contributed by atoms with Gasteiger partial charge in [-0.2, -0.15) is 5.10 Å². The van der Waals surface area contributed by atoms with Crippen LogP contribution in [0, 0.1) is 0 Å². The first kappa shape index (κ1) is 15.1. The average molecular weight is 340 g/mol. The molecule has 0 N–H and O–H groups in total. The SMILES string of the molecule is c1ccc(N2CCN(N=C3c4ccccc4-c4ccccc43)CC2)nc1. The van der Waals surface area contributed by atoms with E-state index in [9.17, 15) is 0 Å². The minimum atomic E-state index is 0.907. The number of rotatable bonds is 2. The van der Waals surface area contributed by atoms with Gasteiger partial charge in [0.2, 0.25) is 0 Å². The van der Waals surface area contributed by atoms with Crippen LogP contribution in [-0.4, -0.2) is 41.9 Å². The first-order chi connectivity index (χ1) is 12.9. The van der Waals surface area contributed by atoms with Crippen molar-refractivity contribution in [2.24, 2.45) is 5.10 Å². The normalized spacial score (nSPS) is 15.6. The molecule has 5 rings (SSSR count). The Morgan fingerprint density at radius 2 is 1.23 bits per heavy atom. The second kappa shape index (κ2) is 6.30. The minimum Gasteiger partial charge on any atom is -0.353 e. The average Bonchev–Trinajstić information content (AvgIpc) is 3.04. The lowest BCUT2D eigenvalue weighted by Crippen LogP contribution is -2.44. The van der Waals surface area contributed by atoms with Crippen molar-refractivity contribution >= 4 is 11.5 Å². The molecule has 0 bridgehead atoms. The van der Waals surface area contributed by atoms with Crippen LogP contribution in [0.25, 0.3) is 11.1 Å². The third kappa shape index (κ3) is 2.54. The largest absolute Gasteiger partial charge is 0.353 e. The van der Waals surface area contributed by atoms with E-state index >= 15 is 0 Å². The number of hydrogen-bond donors (Lipinski definition) is 0. The van der Waals surface area contributed by atoms with E-state index in [0.29, 0.717) is 0 Å². The third-order valence-electron chi connectivity index (χ3n) is 5.13. The Morgan fingerprint density at radius 1 is 0.654 bits per heavy atom. The van der Waals surface area contributed by atoms with Crippen molar-refractivity contribution < 1.29 is 0 Å². The lowest BCUT2D eigenvalue weighted by atomic mass is 10.1. The van der Waals surface area contributed by atoms with Gasteiger partial charge in [0.25, 0.3) is 0 Å². The number of hydrogen-bond acceptors (Lipinski definition) is 4. The van der Waals surface area contributed by atoms with Crippen molar-refractivity contribution in [2.45, 2.75) is 0 Å². The van der Waals surface area contributed by atoms with Crippen LogP contribution >= 0.6 is 0 Å². The maximum atomic E-state index is 5.05. The molecule has 0 radical (unpaired) electrons. The molecule has 1 saturated heterocycles. The standard InChI is InChI=1S/C22H20N4/c1-3-9-19-17(7-1)18-8-2-4-10-20(18)22(19)24-26-15-13-25(14-16-26)21-11-5-6-12-23-21/h1-12H,13-16H2. The maximum absolute atomic E-state index is 5.05. The molecular formula is C22H20N4. The lowest BCUT2D eigenvalue weighted by molar-refractivity contribution is 0.270. The van der Waals surface area contributed by atoms with Crippen molar-refractivity contribution in [1.82, 2.24) is 9.99 Å². The summed E-state index contributed by atoms with van der Waals surface area (Å²) in [4.78, 5) is 6.79. The van der Waals surface area contributed by atoms with Crippen molar-refractivity contribution in [3.05, 3.63) is 84.1 Å². The van der Waals surface area contributed by atoms with Gasteiger partial charge < -0.3 is 4.90 Å². The van der Waals surface area contributed by atoms with Gasteiger partial charge in [-0.25, -0.2) is 4.98 Å². The highest BCUT2D eigenvalue weighted by molar-refractivity contribution is 6.24. The fraction of sp³-hybridized carbons (Fsp3) is 0.182. The van der Waals surface area contributed by atoms with E-state index in [1.165, 1.54) is 22.3 Å². The Kier molecular flexibility index (Phi) is 3.67. The number of anilines is 1. The molecule has 0 unspecified atom stereocenters. The molecule has 0 saturated carbocycles. The van der Waals surface area contributed by atoms with Gasteiger partial charge >= 0.3 is 0 Å². The van der Waals surface area contributed by atoms with Gasteiger partial charge in [-0.1, -0.05) is 54.6 Å². The molecule has 1 fully saturated rings.